The molecule has 2 aliphatic rings. The molecule has 0 aromatic heterocycles. The first kappa shape index (κ1) is 19.1. The Hall–Kier alpha value is -3.28. The van der Waals surface area contributed by atoms with Gasteiger partial charge in [-0.2, -0.15) is 0 Å². The molecule has 2 aromatic rings. The van der Waals surface area contributed by atoms with Crippen LogP contribution in [0.1, 0.15) is 38.5 Å². The number of aliphatic hydroxyl groups is 1. The fourth-order valence-corrected chi connectivity index (χ4v) is 4.31. The van der Waals surface area contributed by atoms with E-state index in [4.69, 9.17) is 0 Å². The zero-order valence-electron chi connectivity index (χ0n) is 16.2. The van der Waals surface area contributed by atoms with Crippen molar-refractivity contribution < 1.29 is 14.7 Å². The molecule has 2 aromatic carbocycles. The Labute approximate surface area is 170 Å². The lowest BCUT2D eigenvalue weighted by Gasteiger charge is -2.31. The van der Waals surface area contributed by atoms with E-state index in [1.165, 1.54) is 5.01 Å². The van der Waals surface area contributed by atoms with Gasteiger partial charge in [0.1, 0.15) is 0 Å². The Balaban J connectivity index is 1.82. The summed E-state index contributed by atoms with van der Waals surface area (Å²) in [5.41, 5.74) is 3.79. The molecule has 6 heteroatoms. The fraction of sp³-hybridized carbons (Fsp3) is 0.304. The molecule has 6 nitrogen and oxygen atoms in total. The number of anilines is 2. The maximum atomic E-state index is 12.8. The second-order valence-electron chi connectivity index (χ2n) is 7.63. The van der Waals surface area contributed by atoms with Gasteiger partial charge in [0.2, 0.25) is 11.8 Å². The third kappa shape index (κ3) is 3.58. The van der Waals surface area contributed by atoms with E-state index < -0.39 is 11.3 Å². The molecule has 2 amide bonds. The number of imide groups is 1. The van der Waals surface area contributed by atoms with Gasteiger partial charge in [-0.3, -0.25) is 20.3 Å². The highest BCUT2D eigenvalue weighted by Gasteiger charge is 2.53. The first-order chi connectivity index (χ1) is 14.1. The van der Waals surface area contributed by atoms with Gasteiger partial charge in [-0.05, 0) is 37.1 Å². The van der Waals surface area contributed by atoms with Crippen molar-refractivity contribution in [3.8, 4) is 0 Å². The third-order valence-corrected chi connectivity index (χ3v) is 5.79. The Morgan fingerprint density at radius 1 is 0.897 bits per heavy atom. The van der Waals surface area contributed by atoms with Crippen molar-refractivity contribution in [2.24, 2.45) is 5.41 Å². The van der Waals surface area contributed by atoms with E-state index >= 15 is 0 Å². The highest BCUT2D eigenvalue weighted by atomic mass is 16.3. The molecule has 4 rings (SSSR count). The van der Waals surface area contributed by atoms with Gasteiger partial charge in [-0.15, -0.1) is 0 Å². The zero-order chi connectivity index (χ0) is 20.3. The Kier molecular flexibility index (Phi) is 5.25. The normalized spacial score (nSPS) is 20.1. The average molecular weight is 391 g/mol. The van der Waals surface area contributed by atoms with E-state index in [0.717, 1.165) is 31.4 Å². The molecular weight excluding hydrogens is 366 g/mol. The number of carbonyl (C=O) groups excluding carboxylic acids is 2. The summed E-state index contributed by atoms with van der Waals surface area (Å²) in [6.45, 7) is 0. The quantitative estimate of drug-likeness (QED) is 0.314. The molecule has 1 heterocycles. The van der Waals surface area contributed by atoms with Crippen molar-refractivity contribution in [3.05, 3.63) is 72.1 Å². The second-order valence-corrected chi connectivity index (χ2v) is 7.63. The summed E-state index contributed by atoms with van der Waals surface area (Å²) in [5.74, 6) is -1.03. The van der Waals surface area contributed by atoms with Gasteiger partial charge in [0, 0.05) is 0 Å². The number of aliphatic hydroxyl groups excluding tert-OH is 1. The molecule has 2 fully saturated rings. The third-order valence-electron chi connectivity index (χ3n) is 5.79. The number of hydrogen-bond acceptors (Lipinski definition) is 5. The van der Waals surface area contributed by atoms with Crippen LogP contribution >= 0.6 is 0 Å². The van der Waals surface area contributed by atoms with Gasteiger partial charge in [-0.25, -0.2) is 5.01 Å². The molecule has 0 radical (unpaired) electrons. The van der Waals surface area contributed by atoms with E-state index in [1.807, 2.05) is 60.7 Å². The largest absolute Gasteiger partial charge is 0.493 e. The molecule has 1 saturated carbocycles. The molecule has 1 aliphatic heterocycles. The highest BCUT2D eigenvalue weighted by Crippen LogP contribution is 2.46. The van der Waals surface area contributed by atoms with E-state index in [1.54, 1.807) is 0 Å². The van der Waals surface area contributed by atoms with E-state index in [-0.39, 0.29) is 17.4 Å². The SMILES string of the molecule is O=C1NC(=O)C2(CCCCCC2)/C1=C(\O)N(Nc1ccccc1)c1ccccc1. The van der Waals surface area contributed by atoms with Crippen molar-refractivity contribution in [1.29, 1.82) is 0 Å². The molecule has 1 aliphatic carbocycles. The topological polar surface area (TPSA) is 81.7 Å². The van der Waals surface area contributed by atoms with Crippen LogP contribution in [-0.4, -0.2) is 16.9 Å². The minimum Gasteiger partial charge on any atom is -0.493 e. The standard InChI is InChI=1S/C23H25N3O3/c27-20-19(23(22(29)24-20)15-9-1-2-10-16-23)21(28)26(18-13-7-4-8-14-18)25-17-11-5-3-6-12-17/h3-8,11-14,25,28H,1-2,9-10,15-16H2,(H,24,27,29)/b21-19-. The lowest BCUT2D eigenvalue weighted by Crippen LogP contribution is -2.36. The molecule has 0 atom stereocenters. The van der Waals surface area contributed by atoms with Crippen molar-refractivity contribution in [2.75, 3.05) is 10.4 Å². The summed E-state index contributed by atoms with van der Waals surface area (Å²) >= 11 is 0. The first-order valence-corrected chi connectivity index (χ1v) is 10.1. The molecule has 0 unspecified atom stereocenters. The van der Waals surface area contributed by atoms with Crippen molar-refractivity contribution in [2.45, 2.75) is 38.5 Å². The molecule has 0 bridgehead atoms. The first-order valence-electron chi connectivity index (χ1n) is 10.1. The van der Waals surface area contributed by atoms with Gasteiger partial charge < -0.3 is 5.11 Å². The number of amides is 2. The number of rotatable bonds is 4. The van der Waals surface area contributed by atoms with Gasteiger partial charge in [0.25, 0.3) is 5.91 Å². The zero-order valence-corrected chi connectivity index (χ0v) is 16.2. The Morgan fingerprint density at radius 2 is 1.48 bits per heavy atom. The van der Waals surface area contributed by atoms with Crippen LogP contribution in [0.15, 0.2) is 72.1 Å². The van der Waals surface area contributed by atoms with Crippen LogP contribution in [0.25, 0.3) is 0 Å². The lowest BCUT2D eigenvalue weighted by molar-refractivity contribution is -0.128. The van der Waals surface area contributed by atoms with Crippen molar-refractivity contribution in [1.82, 2.24) is 5.32 Å². The Bertz CT molecular complexity index is 917. The number of nitrogens with zero attached hydrogens (tertiary/aromatic N) is 1. The molecule has 29 heavy (non-hydrogen) atoms. The average Bonchev–Trinajstić information content (AvgIpc) is 2.90. The Morgan fingerprint density at radius 3 is 2.10 bits per heavy atom. The highest BCUT2D eigenvalue weighted by molar-refractivity contribution is 6.17. The number of carbonyl (C=O) groups is 2. The maximum Gasteiger partial charge on any atom is 0.260 e. The van der Waals surface area contributed by atoms with Gasteiger partial charge in [-0.1, -0.05) is 62.1 Å². The molecule has 150 valence electrons. The van der Waals surface area contributed by atoms with E-state index in [2.05, 4.69) is 10.7 Å². The summed E-state index contributed by atoms with van der Waals surface area (Å²) in [4.78, 5) is 25.6. The van der Waals surface area contributed by atoms with Crippen molar-refractivity contribution in [3.63, 3.8) is 0 Å². The van der Waals surface area contributed by atoms with Gasteiger partial charge in [0.15, 0.2) is 0 Å². The van der Waals surface area contributed by atoms with Gasteiger partial charge in [0.05, 0.1) is 22.4 Å². The maximum absolute atomic E-state index is 12.8. The van der Waals surface area contributed by atoms with Gasteiger partial charge >= 0.3 is 0 Å². The molecule has 1 spiro atoms. The lowest BCUT2D eigenvalue weighted by atomic mass is 9.75. The van der Waals surface area contributed by atoms with Crippen LogP contribution in [0.2, 0.25) is 0 Å². The number of hydrogen-bond donors (Lipinski definition) is 3. The number of hydrazine groups is 1. The second kappa shape index (κ2) is 7.99. The number of benzene rings is 2. The fourth-order valence-electron chi connectivity index (χ4n) is 4.31. The molecule has 3 N–H and O–H groups in total. The van der Waals surface area contributed by atoms with Crippen LogP contribution in [-0.2, 0) is 9.59 Å². The predicted octanol–water partition coefficient (Wildman–Crippen LogP) is 4.29. The summed E-state index contributed by atoms with van der Waals surface area (Å²) < 4.78 is 0. The smallest absolute Gasteiger partial charge is 0.260 e. The summed E-state index contributed by atoms with van der Waals surface area (Å²) in [6.07, 6.45) is 4.91. The minimum atomic E-state index is -0.969. The molecule has 1 saturated heterocycles. The molecular formula is C23H25N3O3. The van der Waals surface area contributed by atoms with Crippen LogP contribution in [0.4, 0.5) is 11.4 Å². The van der Waals surface area contributed by atoms with E-state index in [0.29, 0.717) is 18.5 Å². The van der Waals surface area contributed by atoms with Crippen LogP contribution in [0, 0.1) is 5.41 Å². The number of para-hydroxylation sites is 2. The van der Waals surface area contributed by atoms with Crippen LogP contribution in [0.3, 0.4) is 0 Å². The summed E-state index contributed by atoms with van der Waals surface area (Å²) in [7, 11) is 0. The van der Waals surface area contributed by atoms with Crippen LogP contribution < -0.4 is 15.8 Å². The summed E-state index contributed by atoms with van der Waals surface area (Å²) in [6, 6.07) is 18.7. The monoisotopic (exact) mass is 391 g/mol. The van der Waals surface area contributed by atoms with Crippen molar-refractivity contribution >= 4 is 23.2 Å². The minimum absolute atomic E-state index is 0.164. The van der Waals surface area contributed by atoms with Crippen LogP contribution in [0.5, 0.6) is 0 Å². The predicted molar refractivity (Wildman–Crippen MR) is 112 cm³/mol. The number of nitrogens with one attached hydrogen (secondary N) is 2. The summed E-state index contributed by atoms with van der Waals surface area (Å²) in [5, 5.41) is 15.3. The van der Waals surface area contributed by atoms with E-state index in [9.17, 15) is 14.7 Å².